The van der Waals surface area contributed by atoms with Crippen molar-refractivity contribution in [3.05, 3.63) is 52.0 Å². The lowest BCUT2D eigenvalue weighted by Gasteiger charge is -2.11. The van der Waals surface area contributed by atoms with Crippen LogP contribution in [0.4, 0.5) is 0 Å². The summed E-state index contributed by atoms with van der Waals surface area (Å²) in [5.74, 6) is 0.569. The first-order valence-corrected chi connectivity index (χ1v) is 6.00. The number of aldehydes is 1. The van der Waals surface area contributed by atoms with Crippen molar-refractivity contribution in [1.82, 2.24) is 0 Å². The molecule has 4 heteroatoms. The van der Waals surface area contributed by atoms with E-state index in [1.54, 1.807) is 31.4 Å². The van der Waals surface area contributed by atoms with Gasteiger partial charge in [0, 0.05) is 16.1 Å². The Kier molecular flexibility index (Phi) is 3.90. The summed E-state index contributed by atoms with van der Waals surface area (Å²) in [6.45, 7) is 0. The molecule has 2 aromatic rings. The Balaban J connectivity index is 2.58. The predicted octanol–water partition coefficient (Wildman–Crippen LogP) is 4.48. The minimum atomic E-state index is 0.458. The molecule has 0 aliphatic carbocycles. The van der Waals surface area contributed by atoms with Gasteiger partial charge in [-0.15, -0.1) is 0 Å². The lowest BCUT2D eigenvalue weighted by atomic mass is 10.0. The summed E-state index contributed by atoms with van der Waals surface area (Å²) in [7, 11) is 1.55. The number of benzene rings is 2. The fourth-order valence-corrected chi connectivity index (χ4v) is 2.29. The number of rotatable bonds is 3. The highest BCUT2D eigenvalue weighted by molar-refractivity contribution is 6.36. The maximum absolute atomic E-state index is 10.6. The standard InChI is InChI=1S/C14H10Cl2O2/c1-18-14-12(6-11(15)7-13(14)16)10-4-2-9(8-17)3-5-10/h2-8H,1H3. The fourth-order valence-electron chi connectivity index (χ4n) is 1.72. The molecule has 0 spiro atoms. The van der Waals surface area contributed by atoms with Crippen molar-refractivity contribution < 1.29 is 9.53 Å². The Hall–Kier alpha value is -1.51. The first kappa shape index (κ1) is 12.9. The van der Waals surface area contributed by atoms with Crippen LogP contribution in [0.1, 0.15) is 10.4 Å². The molecule has 0 unspecified atom stereocenters. The monoisotopic (exact) mass is 280 g/mol. The summed E-state index contributed by atoms with van der Waals surface area (Å²) in [5, 5.41) is 0.995. The quantitative estimate of drug-likeness (QED) is 0.775. The van der Waals surface area contributed by atoms with Crippen molar-refractivity contribution in [2.75, 3.05) is 7.11 Å². The van der Waals surface area contributed by atoms with Gasteiger partial charge in [0.05, 0.1) is 12.1 Å². The van der Waals surface area contributed by atoms with E-state index in [0.717, 1.165) is 17.4 Å². The average Bonchev–Trinajstić information content (AvgIpc) is 2.38. The molecule has 0 saturated carbocycles. The summed E-state index contributed by atoms with van der Waals surface area (Å²) >= 11 is 12.1. The molecule has 18 heavy (non-hydrogen) atoms. The van der Waals surface area contributed by atoms with Gasteiger partial charge in [0.15, 0.2) is 0 Å². The van der Waals surface area contributed by atoms with Crippen molar-refractivity contribution in [3.8, 4) is 16.9 Å². The molecule has 0 N–H and O–H groups in total. The summed E-state index contributed by atoms with van der Waals surface area (Å²) in [4.78, 5) is 10.6. The minimum absolute atomic E-state index is 0.458. The van der Waals surface area contributed by atoms with E-state index in [2.05, 4.69) is 0 Å². The lowest BCUT2D eigenvalue weighted by molar-refractivity contribution is 0.112. The van der Waals surface area contributed by atoms with Crippen LogP contribution in [0.25, 0.3) is 11.1 Å². The summed E-state index contributed by atoms with van der Waals surface area (Å²) in [5.41, 5.74) is 2.31. The van der Waals surface area contributed by atoms with Crippen molar-refractivity contribution in [3.63, 3.8) is 0 Å². The van der Waals surface area contributed by atoms with E-state index >= 15 is 0 Å². The van der Waals surface area contributed by atoms with Crippen LogP contribution in [0.2, 0.25) is 10.0 Å². The first-order valence-electron chi connectivity index (χ1n) is 5.24. The van der Waals surface area contributed by atoms with Gasteiger partial charge in [-0.2, -0.15) is 0 Å². The van der Waals surface area contributed by atoms with Gasteiger partial charge >= 0.3 is 0 Å². The minimum Gasteiger partial charge on any atom is -0.495 e. The maximum Gasteiger partial charge on any atom is 0.150 e. The normalized spacial score (nSPS) is 10.2. The highest BCUT2D eigenvalue weighted by Crippen LogP contribution is 2.38. The van der Waals surface area contributed by atoms with E-state index in [9.17, 15) is 4.79 Å². The van der Waals surface area contributed by atoms with Gasteiger partial charge in [-0.1, -0.05) is 47.5 Å². The third kappa shape index (κ3) is 2.50. The molecule has 0 heterocycles. The number of hydrogen-bond donors (Lipinski definition) is 0. The molecule has 0 saturated heterocycles. The Bertz CT molecular complexity index is 577. The Morgan fingerprint density at radius 1 is 1.11 bits per heavy atom. The van der Waals surface area contributed by atoms with Crippen LogP contribution in [0, 0.1) is 0 Å². The summed E-state index contributed by atoms with van der Waals surface area (Å²) < 4.78 is 5.28. The van der Waals surface area contributed by atoms with Crippen LogP contribution in [-0.4, -0.2) is 13.4 Å². The van der Waals surface area contributed by atoms with Gasteiger partial charge in [0.2, 0.25) is 0 Å². The molecule has 0 bridgehead atoms. The molecule has 2 nitrogen and oxygen atoms in total. The van der Waals surface area contributed by atoms with Crippen LogP contribution < -0.4 is 4.74 Å². The average molecular weight is 281 g/mol. The molecule has 0 aliphatic heterocycles. The largest absolute Gasteiger partial charge is 0.495 e. The van der Waals surface area contributed by atoms with Crippen LogP contribution in [0.3, 0.4) is 0 Å². The second-order valence-electron chi connectivity index (χ2n) is 3.71. The highest BCUT2D eigenvalue weighted by atomic mass is 35.5. The molecule has 0 aliphatic rings. The molecule has 0 atom stereocenters. The third-order valence-electron chi connectivity index (χ3n) is 2.57. The van der Waals surface area contributed by atoms with Gasteiger partial charge in [-0.25, -0.2) is 0 Å². The van der Waals surface area contributed by atoms with E-state index in [1.165, 1.54) is 0 Å². The SMILES string of the molecule is COc1c(Cl)cc(Cl)cc1-c1ccc(C=O)cc1. The topological polar surface area (TPSA) is 26.3 Å². The zero-order chi connectivity index (χ0) is 13.1. The van der Waals surface area contributed by atoms with Crippen LogP contribution in [0.5, 0.6) is 5.75 Å². The van der Waals surface area contributed by atoms with Crippen LogP contribution >= 0.6 is 23.2 Å². The molecule has 2 rings (SSSR count). The van der Waals surface area contributed by atoms with E-state index in [1.807, 2.05) is 12.1 Å². The zero-order valence-electron chi connectivity index (χ0n) is 9.61. The van der Waals surface area contributed by atoms with Crippen LogP contribution in [0.15, 0.2) is 36.4 Å². The predicted molar refractivity (Wildman–Crippen MR) is 73.8 cm³/mol. The molecule has 0 radical (unpaired) electrons. The van der Waals surface area contributed by atoms with E-state index in [-0.39, 0.29) is 0 Å². The van der Waals surface area contributed by atoms with E-state index < -0.39 is 0 Å². The number of hydrogen-bond acceptors (Lipinski definition) is 2. The van der Waals surface area contributed by atoms with Crippen molar-refractivity contribution >= 4 is 29.5 Å². The second kappa shape index (κ2) is 5.42. The molecule has 2 aromatic carbocycles. The van der Waals surface area contributed by atoms with Crippen molar-refractivity contribution in [2.45, 2.75) is 0 Å². The Labute approximate surface area is 115 Å². The number of carbonyl (C=O) groups is 1. The van der Waals surface area contributed by atoms with E-state index in [0.29, 0.717) is 21.4 Å². The maximum atomic E-state index is 10.6. The summed E-state index contributed by atoms with van der Waals surface area (Å²) in [6, 6.07) is 10.5. The molecule has 0 amide bonds. The Morgan fingerprint density at radius 2 is 1.78 bits per heavy atom. The molecule has 0 fully saturated rings. The zero-order valence-corrected chi connectivity index (χ0v) is 11.1. The lowest BCUT2D eigenvalue weighted by Crippen LogP contribution is -1.90. The van der Waals surface area contributed by atoms with Gasteiger partial charge in [0.1, 0.15) is 12.0 Å². The first-order chi connectivity index (χ1) is 8.65. The molecular weight excluding hydrogens is 271 g/mol. The molecular formula is C14H10Cl2O2. The molecule has 0 aromatic heterocycles. The van der Waals surface area contributed by atoms with Crippen molar-refractivity contribution in [2.24, 2.45) is 0 Å². The van der Waals surface area contributed by atoms with Crippen LogP contribution in [-0.2, 0) is 0 Å². The van der Waals surface area contributed by atoms with Gasteiger partial charge in [-0.05, 0) is 17.7 Å². The van der Waals surface area contributed by atoms with E-state index in [4.69, 9.17) is 27.9 Å². The number of halogens is 2. The number of carbonyl (C=O) groups excluding carboxylic acids is 1. The second-order valence-corrected chi connectivity index (χ2v) is 4.55. The Morgan fingerprint density at radius 3 is 2.33 bits per heavy atom. The van der Waals surface area contributed by atoms with Gasteiger partial charge in [-0.3, -0.25) is 4.79 Å². The summed E-state index contributed by atoms with van der Waals surface area (Å²) in [6.07, 6.45) is 0.798. The fraction of sp³-hybridized carbons (Fsp3) is 0.0714. The van der Waals surface area contributed by atoms with Gasteiger partial charge < -0.3 is 4.74 Å². The number of methoxy groups -OCH3 is 1. The van der Waals surface area contributed by atoms with Crippen molar-refractivity contribution in [1.29, 1.82) is 0 Å². The third-order valence-corrected chi connectivity index (χ3v) is 3.07. The molecule has 92 valence electrons. The smallest absolute Gasteiger partial charge is 0.150 e. The van der Waals surface area contributed by atoms with Gasteiger partial charge in [0.25, 0.3) is 0 Å². The highest BCUT2D eigenvalue weighted by Gasteiger charge is 2.11. The number of ether oxygens (including phenoxy) is 1.